The first-order chi connectivity index (χ1) is 10.7. The Bertz CT molecular complexity index is 606. The van der Waals surface area contributed by atoms with E-state index in [0.29, 0.717) is 11.8 Å². The molecule has 2 heterocycles. The van der Waals surface area contributed by atoms with Gasteiger partial charge in [0.1, 0.15) is 11.5 Å². The van der Waals surface area contributed by atoms with Crippen LogP contribution in [0.1, 0.15) is 36.3 Å². The van der Waals surface area contributed by atoms with Crippen LogP contribution < -0.4 is 4.74 Å². The Labute approximate surface area is 132 Å². The Morgan fingerprint density at radius 3 is 2.73 bits per heavy atom. The molecule has 22 heavy (non-hydrogen) atoms. The summed E-state index contributed by atoms with van der Waals surface area (Å²) >= 11 is 0. The van der Waals surface area contributed by atoms with Gasteiger partial charge in [-0.05, 0) is 49.4 Å². The summed E-state index contributed by atoms with van der Waals surface area (Å²) in [5.74, 6) is 3.06. The van der Waals surface area contributed by atoms with Crippen LogP contribution in [0.3, 0.4) is 0 Å². The lowest BCUT2D eigenvalue weighted by atomic mass is 9.82. The van der Waals surface area contributed by atoms with Gasteiger partial charge in [0.25, 0.3) is 0 Å². The third-order valence-electron chi connectivity index (χ3n) is 4.65. The molecule has 0 radical (unpaired) electrons. The first-order valence-corrected chi connectivity index (χ1v) is 7.94. The molecule has 0 spiro atoms. The number of hydrogen-bond donors (Lipinski definition) is 0. The van der Waals surface area contributed by atoms with Crippen molar-refractivity contribution in [2.45, 2.75) is 32.7 Å². The Hall–Kier alpha value is -1.81. The summed E-state index contributed by atoms with van der Waals surface area (Å²) in [5.41, 5.74) is 2.43. The fourth-order valence-corrected chi connectivity index (χ4v) is 3.29. The highest BCUT2D eigenvalue weighted by molar-refractivity contribution is 5.30. The summed E-state index contributed by atoms with van der Waals surface area (Å²) in [4.78, 5) is 2.48. The maximum atomic E-state index is 5.26. The Morgan fingerprint density at radius 2 is 2.09 bits per heavy atom. The molecule has 2 unspecified atom stereocenters. The molecule has 4 nitrogen and oxygen atoms in total. The number of aryl methyl sites for hydroxylation is 1. The van der Waals surface area contributed by atoms with E-state index in [4.69, 9.17) is 9.26 Å². The molecule has 2 atom stereocenters. The van der Waals surface area contributed by atoms with Crippen molar-refractivity contribution < 1.29 is 9.26 Å². The molecule has 4 heteroatoms. The standard InChI is InChI=1S/C18H24N2O2/c1-13-8-9-20(11-16-10-14(2)22-19-16)12-18(13)15-4-6-17(21-3)7-5-15/h4-7,10,13,18H,8-9,11-12H2,1-3H3. The molecule has 2 aromatic rings. The van der Waals surface area contributed by atoms with Gasteiger partial charge in [-0.25, -0.2) is 0 Å². The molecule has 1 aromatic heterocycles. The number of nitrogens with zero attached hydrogens (tertiary/aromatic N) is 2. The smallest absolute Gasteiger partial charge is 0.133 e. The van der Waals surface area contributed by atoms with Gasteiger partial charge in [-0.1, -0.05) is 24.2 Å². The maximum absolute atomic E-state index is 5.26. The minimum Gasteiger partial charge on any atom is -0.497 e. The number of aromatic nitrogens is 1. The normalized spacial score (nSPS) is 22.7. The first kappa shape index (κ1) is 15.1. The van der Waals surface area contributed by atoms with Crippen molar-refractivity contribution >= 4 is 0 Å². The highest BCUT2D eigenvalue weighted by Gasteiger charge is 2.27. The Morgan fingerprint density at radius 1 is 1.32 bits per heavy atom. The topological polar surface area (TPSA) is 38.5 Å². The number of ether oxygens (including phenoxy) is 1. The lowest BCUT2D eigenvalue weighted by molar-refractivity contribution is 0.157. The van der Waals surface area contributed by atoms with E-state index in [-0.39, 0.29) is 0 Å². The van der Waals surface area contributed by atoms with Crippen LogP contribution in [0.15, 0.2) is 34.9 Å². The molecule has 3 rings (SSSR count). The monoisotopic (exact) mass is 300 g/mol. The fraction of sp³-hybridized carbons (Fsp3) is 0.500. The second-order valence-electron chi connectivity index (χ2n) is 6.31. The number of methoxy groups -OCH3 is 1. The van der Waals surface area contributed by atoms with Crippen LogP contribution in [0.2, 0.25) is 0 Å². The summed E-state index contributed by atoms with van der Waals surface area (Å²) in [7, 11) is 1.71. The lowest BCUT2D eigenvalue weighted by Gasteiger charge is -2.37. The van der Waals surface area contributed by atoms with E-state index >= 15 is 0 Å². The molecule has 0 N–H and O–H groups in total. The molecule has 1 aromatic carbocycles. The lowest BCUT2D eigenvalue weighted by Crippen LogP contribution is -2.38. The van der Waals surface area contributed by atoms with Crippen LogP contribution in [0.5, 0.6) is 5.75 Å². The van der Waals surface area contributed by atoms with Gasteiger partial charge in [-0.3, -0.25) is 4.90 Å². The number of hydrogen-bond acceptors (Lipinski definition) is 4. The van der Waals surface area contributed by atoms with Crippen LogP contribution in [-0.2, 0) is 6.54 Å². The summed E-state index contributed by atoms with van der Waals surface area (Å²) in [6.07, 6.45) is 1.22. The van der Waals surface area contributed by atoms with Gasteiger partial charge in [0.15, 0.2) is 0 Å². The quantitative estimate of drug-likeness (QED) is 0.864. The Balaban J connectivity index is 1.69. The summed E-state index contributed by atoms with van der Waals surface area (Å²) in [6.45, 7) is 7.36. The van der Waals surface area contributed by atoms with E-state index in [1.54, 1.807) is 7.11 Å². The van der Waals surface area contributed by atoms with Crippen LogP contribution in [0.4, 0.5) is 0 Å². The van der Waals surface area contributed by atoms with E-state index in [9.17, 15) is 0 Å². The zero-order valence-electron chi connectivity index (χ0n) is 13.6. The van der Waals surface area contributed by atoms with E-state index in [1.165, 1.54) is 12.0 Å². The van der Waals surface area contributed by atoms with Crippen LogP contribution >= 0.6 is 0 Å². The predicted octanol–water partition coefficient (Wildman–Crippen LogP) is 3.62. The molecule has 0 amide bonds. The van der Waals surface area contributed by atoms with Crippen molar-refractivity contribution in [3.63, 3.8) is 0 Å². The molecule has 1 saturated heterocycles. The van der Waals surface area contributed by atoms with Crippen LogP contribution in [-0.4, -0.2) is 30.3 Å². The second kappa shape index (κ2) is 6.53. The van der Waals surface area contributed by atoms with Gasteiger partial charge >= 0.3 is 0 Å². The molecule has 118 valence electrons. The van der Waals surface area contributed by atoms with Crippen molar-refractivity contribution in [3.05, 3.63) is 47.3 Å². The van der Waals surface area contributed by atoms with Crippen molar-refractivity contribution in [3.8, 4) is 5.75 Å². The number of benzene rings is 1. The van der Waals surface area contributed by atoms with Crippen molar-refractivity contribution in [1.82, 2.24) is 10.1 Å². The van der Waals surface area contributed by atoms with Crippen molar-refractivity contribution in [2.75, 3.05) is 20.2 Å². The van der Waals surface area contributed by atoms with E-state index in [1.807, 2.05) is 13.0 Å². The number of piperidine rings is 1. The molecular formula is C18H24N2O2. The number of likely N-dealkylation sites (tertiary alicyclic amines) is 1. The molecule has 0 bridgehead atoms. The Kier molecular flexibility index (Phi) is 4.48. The molecule has 0 saturated carbocycles. The van der Waals surface area contributed by atoms with E-state index in [2.05, 4.69) is 41.2 Å². The zero-order valence-corrected chi connectivity index (χ0v) is 13.6. The highest BCUT2D eigenvalue weighted by atomic mass is 16.5. The summed E-state index contributed by atoms with van der Waals surface area (Å²) in [6, 6.07) is 10.5. The van der Waals surface area contributed by atoms with E-state index in [0.717, 1.165) is 36.8 Å². The average molecular weight is 300 g/mol. The van der Waals surface area contributed by atoms with Gasteiger partial charge in [0.2, 0.25) is 0 Å². The highest BCUT2D eigenvalue weighted by Crippen LogP contribution is 2.33. The maximum Gasteiger partial charge on any atom is 0.133 e. The molecule has 1 fully saturated rings. The minimum atomic E-state index is 0.563. The SMILES string of the molecule is COc1ccc(C2CN(Cc3cc(C)on3)CCC2C)cc1. The molecule has 1 aliphatic heterocycles. The molecule has 0 aliphatic carbocycles. The largest absolute Gasteiger partial charge is 0.497 e. The van der Waals surface area contributed by atoms with Gasteiger partial charge < -0.3 is 9.26 Å². The van der Waals surface area contributed by atoms with Gasteiger partial charge in [-0.15, -0.1) is 0 Å². The van der Waals surface area contributed by atoms with Gasteiger partial charge in [-0.2, -0.15) is 0 Å². The predicted molar refractivity (Wildman–Crippen MR) is 86.0 cm³/mol. The number of rotatable bonds is 4. The summed E-state index contributed by atoms with van der Waals surface area (Å²) < 4.78 is 10.4. The third-order valence-corrected chi connectivity index (χ3v) is 4.65. The average Bonchev–Trinajstić information content (AvgIpc) is 2.94. The van der Waals surface area contributed by atoms with Crippen molar-refractivity contribution in [1.29, 1.82) is 0 Å². The van der Waals surface area contributed by atoms with Gasteiger partial charge in [0.05, 0.1) is 12.8 Å². The molecular weight excluding hydrogens is 276 g/mol. The van der Waals surface area contributed by atoms with Gasteiger partial charge in [0, 0.05) is 19.2 Å². The van der Waals surface area contributed by atoms with Crippen LogP contribution in [0.25, 0.3) is 0 Å². The zero-order chi connectivity index (χ0) is 15.5. The third kappa shape index (κ3) is 3.33. The van der Waals surface area contributed by atoms with Crippen LogP contribution in [0, 0.1) is 12.8 Å². The summed E-state index contributed by atoms with van der Waals surface area (Å²) in [5, 5.41) is 4.12. The van der Waals surface area contributed by atoms with Crippen molar-refractivity contribution in [2.24, 2.45) is 5.92 Å². The first-order valence-electron chi connectivity index (χ1n) is 7.94. The van der Waals surface area contributed by atoms with E-state index < -0.39 is 0 Å². The second-order valence-corrected chi connectivity index (χ2v) is 6.31. The molecule has 1 aliphatic rings. The minimum absolute atomic E-state index is 0.563. The fourth-order valence-electron chi connectivity index (χ4n) is 3.29.